The van der Waals surface area contributed by atoms with Crippen molar-refractivity contribution in [2.75, 3.05) is 13.1 Å². The summed E-state index contributed by atoms with van der Waals surface area (Å²) >= 11 is 0. The van der Waals surface area contributed by atoms with Crippen molar-refractivity contribution in [2.45, 2.75) is 51.0 Å². The Morgan fingerprint density at radius 2 is 1.84 bits per heavy atom. The molecule has 2 fully saturated rings. The van der Waals surface area contributed by atoms with Gasteiger partial charge in [0.05, 0.1) is 17.4 Å². The van der Waals surface area contributed by atoms with Crippen LogP contribution in [0.25, 0.3) is 11.3 Å². The Kier molecular flexibility index (Phi) is 7.60. The number of halogens is 3. The summed E-state index contributed by atoms with van der Waals surface area (Å²) in [6.07, 6.45) is 5.00. The van der Waals surface area contributed by atoms with Crippen LogP contribution >= 0.6 is 0 Å². The van der Waals surface area contributed by atoms with Crippen molar-refractivity contribution in [2.24, 2.45) is 0 Å². The molecule has 0 bridgehead atoms. The lowest BCUT2D eigenvalue weighted by Gasteiger charge is -2.32. The molecule has 2 aromatic carbocycles. The first-order valence-electron chi connectivity index (χ1n) is 12.4. The molecule has 3 aromatic rings. The summed E-state index contributed by atoms with van der Waals surface area (Å²) in [5.74, 6) is -0.101. The number of carbonyl (C=O) groups excluding carboxylic acids is 1. The molecule has 1 saturated heterocycles. The number of benzene rings is 2. The molecule has 2 heterocycles. The molecule has 37 heavy (non-hydrogen) atoms. The molecule has 6 nitrogen and oxygen atoms in total. The summed E-state index contributed by atoms with van der Waals surface area (Å²) in [5, 5.41) is 3.08. The minimum atomic E-state index is -2.90. The second kappa shape index (κ2) is 11.2. The number of hydrogen-bond acceptors (Lipinski definition) is 5. The maximum Gasteiger partial charge on any atom is 0.387 e. The van der Waals surface area contributed by atoms with Crippen molar-refractivity contribution in [3.05, 3.63) is 77.7 Å². The average Bonchev–Trinajstić information content (AvgIpc) is 3.71. The maximum absolute atomic E-state index is 13.5. The lowest BCUT2D eigenvalue weighted by Crippen LogP contribution is -2.44. The van der Waals surface area contributed by atoms with E-state index in [1.807, 2.05) is 0 Å². The molecule has 1 aromatic heterocycles. The number of ether oxygens (including phenoxy) is 2. The third kappa shape index (κ3) is 6.80. The van der Waals surface area contributed by atoms with Gasteiger partial charge in [-0.25, -0.2) is 4.39 Å². The third-order valence-corrected chi connectivity index (χ3v) is 6.52. The standard InChI is InChI=1S/C28H28F3N3O3/c29-21-3-1-2-19(15-21)24-8-5-20(16-32-24)27(35)33-22-10-12-34(13-11-22)17-18-4-9-25(37-28(30)31)26(14-18)36-23-6-7-23/h1-5,8-9,14-16,22-23,28H,6-7,10-13,17H2,(H,33,35). The number of pyridine rings is 1. The summed E-state index contributed by atoms with van der Waals surface area (Å²) in [6, 6.07) is 14.7. The van der Waals surface area contributed by atoms with Crippen LogP contribution in [-0.4, -0.2) is 47.6 Å². The highest BCUT2D eigenvalue weighted by Gasteiger charge is 2.26. The zero-order valence-corrected chi connectivity index (χ0v) is 20.2. The molecule has 1 aliphatic heterocycles. The van der Waals surface area contributed by atoms with Gasteiger partial charge in [-0.2, -0.15) is 8.78 Å². The van der Waals surface area contributed by atoms with Crippen LogP contribution in [0.4, 0.5) is 13.2 Å². The number of nitrogens with one attached hydrogen (secondary N) is 1. The highest BCUT2D eigenvalue weighted by molar-refractivity contribution is 5.94. The van der Waals surface area contributed by atoms with Crippen LogP contribution < -0.4 is 14.8 Å². The zero-order chi connectivity index (χ0) is 25.8. The van der Waals surface area contributed by atoms with Crippen LogP contribution in [-0.2, 0) is 6.54 Å². The first-order valence-corrected chi connectivity index (χ1v) is 12.4. The topological polar surface area (TPSA) is 63.7 Å². The van der Waals surface area contributed by atoms with E-state index >= 15 is 0 Å². The number of hydrogen-bond donors (Lipinski definition) is 1. The number of nitrogens with zero attached hydrogens (tertiary/aromatic N) is 2. The van der Waals surface area contributed by atoms with Crippen molar-refractivity contribution in [3.63, 3.8) is 0 Å². The van der Waals surface area contributed by atoms with E-state index in [2.05, 4.69) is 19.9 Å². The van der Waals surface area contributed by atoms with E-state index in [0.717, 1.165) is 44.3 Å². The molecule has 0 atom stereocenters. The Hall–Kier alpha value is -3.59. The van der Waals surface area contributed by atoms with Gasteiger partial charge in [0.1, 0.15) is 5.82 Å². The zero-order valence-electron chi connectivity index (χ0n) is 20.2. The maximum atomic E-state index is 13.5. The average molecular weight is 512 g/mol. The summed E-state index contributed by atoms with van der Waals surface area (Å²) in [7, 11) is 0. The van der Waals surface area contributed by atoms with Crippen LogP contribution in [0.3, 0.4) is 0 Å². The van der Waals surface area contributed by atoms with Gasteiger partial charge in [-0.15, -0.1) is 0 Å². The van der Waals surface area contributed by atoms with Gasteiger partial charge >= 0.3 is 6.61 Å². The van der Waals surface area contributed by atoms with Crippen molar-refractivity contribution in [1.82, 2.24) is 15.2 Å². The molecule has 9 heteroatoms. The molecule has 1 saturated carbocycles. The van der Waals surface area contributed by atoms with Crippen molar-refractivity contribution in [3.8, 4) is 22.8 Å². The number of alkyl halides is 2. The molecular formula is C28H28F3N3O3. The van der Waals surface area contributed by atoms with Crippen LogP contribution in [0, 0.1) is 5.82 Å². The molecule has 0 unspecified atom stereocenters. The Balaban J connectivity index is 1.12. The number of amides is 1. The van der Waals surface area contributed by atoms with E-state index < -0.39 is 6.61 Å². The van der Waals surface area contributed by atoms with E-state index in [9.17, 15) is 18.0 Å². The van der Waals surface area contributed by atoms with Crippen molar-refractivity contribution in [1.29, 1.82) is 0 Å². The fourth-order valence-corrected chi connectivity index (χ4v) is 4.41. The Morgan fingerprint density at radius 3 is 2.51 bits per heavy atom. The van der Waals surface area contributed by atoms with Crippen LogP contribution in [0.1, 0.15) is 41.6 Å². The molecule has 2 aliphatic rings. The highest BCUT2D eigenvalue weighted by Crippen LogP contribution is 2.35. The predicted octanol–water partition coefficient (Wildman–Crippen LogP) is 5.42. The van der Waals surface area contributed by atoms with Crippen molar-refractivity contribution < 1.29 is 27.4 Å². The SMILES string of the molecule is O=C(NC1CCN(Cc2ccc(OC(F)F)c(OC3CC3)c2)CC1)c1ccc(-c2cccc(F)c2)nc1. The highest BCUT2D eigenvalue weighted by atomic mass is 19.3. The summed E-state index contributed by atoms with van der Waals surface area (Å²) < 4.78 is 49.3. The predicted molar refractivity (Wildman–Crippen MR) is 132 cm³/mol. The minimum absolute atomic E-state index is 0.0437. The number of piperidine rings is 1. The molecule has 1 N–H and O–H groups in total. The quantitative estimate of drug-likeness (QED) is 0.416. The van der Waals surface area contributed by atoms with Gasteiger partial charge < -0.3 is 14.8 Å². The fourth-order valence-electron chi connectivity index (χ4n) is 4.41. The summed E-state index contributed by atoms with van der Waals surface area (Å²) in [4.78, 5) is 19.3. The molecule has 1 aliphatic carbocycles. The summed E-state index contributed by atoms with van der Waals surface area (Å²) in [6.45, 7) is -0.669. The minimum Gasteiger partial charge on any atom is -0.487 e. The second-order valence-electron chi connectivity index (χ2n) is 9.44. The van der Waals surface area contributed by atoms with Crippen LogP contribution in [0.15, 0.2) is 60.8 Å². The van der Waals surface area contributed by atoms with E-state index in [1.165, 1.54) is 18.3 Å². The van der Waals surface area contributed by atoms with E-state index in [0.29, 0.717) is 29.1 Å². The molecule has 1 amide bonds. The molecule has 194 valence electrons. The Morgan fingerprint density at radius 1 is 1.03 bits per heavy atom. The number of carbonyl (C=O) groups is 1. The number of aromatic nitrogens is 1. The molecule has 5 rings (SSSR count). The largest absolute Gasteiger partial charge is 0.487 e. The van der Waals surface area contributed by atoms with Crippen LogP contribution in [0.5, 0.6) is 11.5 Å². The van der Waals surface area contributed by atoms with Gasteiger partial charge in [-0.3, -0.25) is 14.7 Å². The van der Waals surface area contributed by atoms with Gasteiger partial charge in [0.25, 0.3) is 5.91 Å². The van der Waals surface area contributed by atoms with Gasteiger partial charge in [-0.1, -0.05) is 18.2 Å². The van der Waals surface area contributed by atoms with Gasteiger partial charge in [0.15, 0.2) is 11.5 Å². The molecule has 0 spiro atoms. The first kappa shape index (κ1) is 25.1. The normalized spacial score (nSPS) is 16.5. The first-order chi connectivity index (χ1) is 17.9. The van der Waals surface area contributed by atoms with E-state index in [4.69, 9.17) is 4.74 Å². The smallest absolute Gasteiger partial charge is 0.387 e. The Bertz CT molecular complexity index is 1230. The fraction of sp³-hybridized carbons (Fsp3) is 0.357. The lowest BCUT2D eigenvalue weighted by atomic mass is 10.0. The second-order valence-corrected chi connectivity index (χ2v) is 9.44. The Labute approximate surface area is 213 Å². The van der Waals surface area contributed by atoms with E-state index in [-0.39, 0.29) is 29.6 Å². The third-order valence-electron chi connectivity index (χ3n) is 6.52. The molecule has 0 radical (unpaired) electrons. The summed E-state index contributed by atoms with van der Waals surface area (Å²) in [5.41, 5.74) is 2.67. The monoisotopic (exact) mass is 511 g/mol. The van der Waals surface area contributed by atoms with Gasteiger partial charge in [-0.05, 0) is 67.6 Å². The number of likely N-dealkylation sites (tertiary alicyclic amines) is 1. The van der Waals surface area contributed by atoms with Crippen LogP contribution in [0.2, 0.25) is 0 Å². The van der Waals surface area contributed by atoms with Crippen molar-refractivity contribution >= 4 is 5.91 Å². The molecular weight excluding hydrogens is 483 g/mol. The van der Waals surface area contributed by atoms with Gasteiger partial charge in [0, 0.05) is 37.4 Å². The lowest BCUT2D eigenvalue weighted by molar-refractivity contribution is -0.0516. The van der Waals surface area contributed by atoms with E-state index in [1.54, 1.807) is 42.5 Å². The van der Waals surface area contributed by atoms with Gasteiger partial charge in [0.2, 0.25) is 0 Å². The number of rotatable bonds is 9.